The molecule has 0 atom stereocenters. The Kier molecular flexibility index (Phi) is 6.45. The van der Waals surface area contributed by atoms with Gasteiger partial charge in [0.2, 0.25) is 0 Å². The fourth-order valence-corrected chi connectivity index (χ4v) is 4.86. The maximum atomic E-state index is 13.1. The zero-order valence-corrected chi connectivity index (χ0v) is 15.9. The van der Waals surface area contributed by atoms with Crippen LogP contribution in [0.25, 0.3) is 0 Å². The van der Waals surface area contributed by atoms with Crippen molar-refractivity contribution in [2.45, 2.75) is 83.2 Å². The molecule has 5 nitrogen and oxygen atoms in total. The van der Waals surface area contributed by atoms with Crippen LogP contribution in [0.5, 0.6) is 0 Å². The highest BCUT2D eigenvalue weighted by atomic mass is 32.1. The zero-order chi connectivity index (χ0) is 17.6. The number of aldehydes is 1. The summed E-state index contributed by atoms with van der Waals surface area (Å²) in [6.07, 6.45) is 14.1. The smallest absolute Gasteiger partial charge is 0.319 e. The molecular weight excluding hydrogens is 334 g/mol. The first-order valence-electron chi connectivity index (χ1n) is 9.67. The number of hydrogen-bond acceptors (Lipinski definition) is 4. The second-order valence-corrected chi connectivity index (χ2v) is 8.64. The van der Waals surface area contributed by atoms with Crippen LogP contribution < -0.4 is 5.32 Å². The van der Waals surface area contributed by atoms with Gasteiger partial charge in [0.05, 0.1) is 11.1 Å². The summed E-state index contributed by atoms with van der Waals surface area (Å²) >= 11 is 1.24. The minimum atomic E-state index is -0.0294. The maximum absolute atomic E-state index is 13.1. The normalized spacial score (nSPS) is 25.2. The number of amides is 2. The lowest BCUT2D eigenvalue weighted by Crippen LogP contribution is -2.50. The average molecular weight is 364 g/mol. The number of rotatable bonds is 4. The van der Waals surface area contributed by atoms with Crippen molar-refractivity contribution in [1.29, 1.82) is 0 Å². The van der Waals surface area contributed by atoms with Crippen LogP contribution in [-0.4, -0.2) is 34.3 Å². The predicted molar refractivity (Wildman–Crippen MR) is 101 cm³/mol. The molecule has 1 aromatic heterocycles. The highest BCUT2D eigenvalue weighted by molar-refractivity contribution is 7.17. The first-order valence-corrected chi connectivity index (χ1v) is 10.5. The van der Waals surface area contributed by atoms with Crippen molar-refractivity contribution >= 4 is 28.8 Å². The van der Waals surface area contributed by atoms with E-state index >= 15 is 0 Å². The Bertz CT molecular complexity index is 573. The van der Waals surface area contributed by atoms with E-state index in [9.17, 15) is 9.59 Å². The Hall–Kier alpha value is -1.43. The average Bonchev–Trinajstić information content (AvgIpc) is 2.90. The van der Waals surface area contributed by atoms with E-state index in [1.54, 1.807) is 0 Å². The Morgan fingerprint density at radius 2 is 1.76 bits per heavy atom. The van der Waals surface area contributed by atoms with Crippen LogP contribution in [0.15, 0.2) is 6.20 Å². The molecular formula is C19H29N3O2S. The topological polar surface area (TPSA) is 62.3 Å². The number of carbonyl (C=O) groups is 2. The van der Waals surface area contributed by atoms with Crippen LogP contribution in [0.3, 0.4) is 0 Å². The van der Waals surface area contributed by atoms with Crippen molar-refractivity contribution in [2.75, 3.05) is 5.32 Å². The molecule has 1 heterocycles. The lowest BCUT2D eigenvalue weighted by Gasteiger charge is -2.40. The summed E-state index contributed by atoms with van der Waals surface area (Å²) < 4.78 is 0. The van der Waals surface area contributed by atoms with Crippen molar-refractivity contribution in [2.24, 2.45) is 5.92 Å². The van der Waals surface area contributed by atoms with E-state index in [1.807, 2.05) is 0 Å². The molecule has 0 aromatic carbocycles. The molecule has 2 amide bonds. The standard InChI is InChI=1S/C19H29N3O2S/c1-14-8-10-16(11-9-14)22(15-6-4-2-3-5-7-15)19(24)21-18-20-12-17(13-23)25-18/h12-16H,2-11H2,1H3,(H,20,21,24). The minimum Gasteiger partial charge on any atom is -0.319 e. The number of urea groups is 1. The largest absolute Gasteiger partial charge is 0.324 e. The second-order valence-electron chi connectivity index (χ2n) is 7.58. The number of nitrogens with one attached hydrogen (secondary N) is 1. The third-order valence-corrected chi connectivity index (χ3v) is 6.52. The van der Waals surface area contributed by atoms with Crippen molar-refractivity contribution < 1.29 is 9.59 Å². The molecule has 25 heavy (non-hydrogen) atoms. The van der Waals surface area contributed by atoms with E-state index in [1.165, 1.54) is 56.1 Å². The van der Waals surface area contributed by atoms with Crippen molar-refractivity contribution in [1.82, 2.24) is 9.88 Å². The summed E-state index contributed by atoms with van der Waals surface area (Å²) in [4.78, 5) is 30.8. The van der Waals surface area contributed by atoms with Gasteiger partial charge in [-0.15, -0.1) is 0 Å². The lowest BCUT2D eigenvalue weighted by molar-refractivity contribution is 0.112. The Morgan fingerprint density at radius 1 is 1.12 bits per heavy atom. The molecule has 0 radical (unpaired) electrons. The molecule has 0 bridgehead atoms. The molecule has 1 aromatic rings. The van der Waals surface area contributed by atoms with Gasteiger partial charge in [-0.3, -0.25) is 10.1 Å². The second kappa shape index (κ2) is 8.79. The summed E-state index contributed by atoms with van der Waals surface area (Å²) in [5.74, 6) is 0.768. The van der Waals surface area contributed by atoms with Crippen LogP contribution >= 0.6 is 11.3 Å². The summed E-state index contributed by atoms with van der Waals surface area (Å²) in [7, 11) is 0. The van der Waals surface area contributed by atoms with E-state index in [4.69, 9.17) is 0 Å². The number of hydrogen-bond donors (Lipinski definition) is 1. The van der Waals surface area contributed by atoms with Gasteiger partial charge in [-0.1, -0.05) is 43.9 Å². The van der Waals surface area contributed by atoms with Gasteiger partial charge in [0.1, 0.15) is 0 Å². The van der Waals surface area contributed by atoms with Gasteiger partial charge in [0.25, 0.3) is 0 Å². The van der Waals surface area contributed by atoms with Crippen molar-refractivity contribution in [3.63, 3.8) is 0 Å². The number of anilines is 1. The maximum Gasteiger partial charge on any atom is 0.324 e. The van der Waals surface area contributed by atoms with Crippen molar-refractivity contribution in [3.05, 3.63) is 11.1 Å². The first kappa shape index (κ1) is 18.4. The van der Waals surface area contributed by atoms with E-state index in [0.29, 0.717) is 22.1 Å². The van der Waals surface area contributed by atoms with Gasteiger partial charge in [-0.25, -0.2) is 9.78 Å². The molecule has 138 valence electrons. The summed E-state index contributed by atoms with van der Waals surface area (Å²) in [5.41, 5.74) is 0. The van der Waals surface area contributed by atoms with Gasteiger partial charge < -0.3 is 4.90 Å². The summed E-state index contributed by atoms with van der Waals surface area (Å²) in [5, 5.41) is 3.48. The molecule has 0 aliphatic heterocycles. The fourth-order valence-electron chi connectivity index (χ4n) is 4.24. The highest BCUT2D eigenvalue weighted by Crippen LogP contribution is 2.32. The third-order valence-electron chi connectivity index (χ3n) is 5.68. The monoisotopic (exact) mass is 363 g/mol. The molecule has 3 rings (SSSR count). The number of nitrogens with zero attached hydrogens (tertiary/aromatic N) is 2. The van der Waals surface area contributed by atoms with Gasteiger partial charge in [0.15, 0.2) is 11.4 Å². The SMILES string of the molecule is CC1CCC(N(C(=O)Nc2ncc(C=O)s2)C2CCCCCC2)CC1. The Balaban J connectivity index is 1.73. The highest BCUT2D eigenvalue weighted by Gasteiger charge is 2.33. The fraction of sp³-hybridized carbons (Fsp3) is 0.737. The Labute approximate surface area is 154 Å². The number of thiazole rings is 1. The van der Waals surface area contributed by atoms with Crippen LogP contribution in [0, 0.1) is 5.92 Å². The number of carbonyl (C=O) groups excluding carboxylic acids is 2. The zero-order valence-electron chi connectivity index (χ0n) is 15.1. The molecule has 2 saturated carbocycles. The molecule has 2 aliphatic rings. The van der Waals surface area contributed by atoms with E-state index in [2.05, 4.69) is 22.1 Å². The van der Waals surface area contributed by atoms with Crippen LogP contribution in [-0.2, 0) is 0 Å². The minimum absolute atomic E-state index is 0.0294. The molecule has 2 aliphatic carbocycles. The van der Waals surface area contributed by atoms with Crippen LogP contribution in [0.1, 0.15) is 80.8 Å². The summed E-state index contributed by atoms with van der Waals surface area (Å²) in [6.45, 7) is 2.31. The van der Waals surface area contributed by atoms with Crippen LogP contribution in [0.2, 0.25) is 0 Å². The molecule has 0 unspecified atom stereocenters. The molecule has 0 saturated heterocycles. The molecule has 6 heteroatoms. The predicted octanol–water partition coefficient (Wildman–Crippen LogP) is 5.09. The van der Waals surface area contributed by atoms with Crippen LogP contribution in [0.4, 0.5) is 9.93 Å². The third kappa shape index (κ3) is 4.81. The molecule has 2 fully saturated rings. The quantitative estimate of drug-likeness (QED) is 0.598. The summed E-state index contributed by atoms with van der Waals surface area (Å²) in [6, 6.07) is 0.648. The lowest BCUT2D eigenvalue weighted by atomic mass is 9.85. The number of aromatic nitrogens is 1. The van der Waals surface area contributed by atoms with E-state index in [-0.39, 0.29) is 6.03 Å². The van der Waals surface area contributed by atoms with Gasteiger partial charge in [-0.05, 0) is 44.4 Å². The van der Waals surface area contributed by atoms with Gasteiger partial charge in [0, 0.05) is 12.1 Å². The van der Waals surface area contributed by atoms with Gasteiger partial charge in [-0.2, -0.15) is 0 Å². The van der Waals surface area contributed by atoms with E-state index in [0.717, 1.165) is 37.9 Å². The Morgan fingerprint density at radius 3 is 2.36 bits per heavy atom. The van der Waals surface area contributed by atoms with E-state index < -0.39 is 0 Å². The molecule has 0 spiro atoms. The van der Waals surface area contributed by atoms with Crippen molar-refractivity contribution in [3.8, 4) is 0 Å². The first-order chi connectivity index (χ1) is 12.2. The van der Waals surface area contributed by atoms with Gasteiger partial charge >= 0.3 is 6.03 Å². The molecule has 1 N–H and O–H groups in total.